The van der Waals surface area contributed by atoms with Gasteiger partial charge in [-0.05, 0) is 31.4 Å². The number of hydrogen-bond acceptors (Lipinski definition) is 1. The number of allylic oxidation sites excluding steroid dienone is 4. The van der Waals surface area contributed by atoms with Crippen LogP contribution in [-0.4, -0.2) is 6.21 Å². The molecular formula is C9H15N. The highest BCUT2D eigenvalue weighted by Gasteiger charge is 1.90. The highest BCUT2D eigenvalue weighted by atomic mass is 14.3. The SMILES string of the molecule is C/C=C\C(CC)=C(\C)C=N. The Labute approximate surface area is 63.0 Å². The summed E-state index contributed by atoms with van der Waals surface area (Å²) in [6, 6.07) is 0. The first-order valence-corrected chi connectivity index (χ1v) is 3.59. The van der Waals surface area contributed by atoms with E-state index in [2.05, 4.69) is 13.0 Å². The van der Waals surface area contributed by atoms with Crippen molar-refractivity contribution >= 4 is 6.21 Å². The van der Waals surface area contributed by atoms with Gasteiger partial charge in [0.15, 0.2) is 0 Å². The summed E-state index contributed by atoms with van der Waals surface area (Å²) in [6.45, 7) is 6.06. The van der Waals surface area contributed by atoms with E-state index in [0.717, 1.165) is 12.0 Å². The molecule has 0 aromatic rings. The Balaban J connectivity index is 4.44. The van der Waals surface area contributed by atoms with E-state index in [4.69, 9.17) is 5.41 Å². The summed E-state index contributed by atoms with van der Waals surface area (Å²) in [5.74, 6) is 0. The third-order valence-electron chi connectivity index (χ3n) is 1.47. The lowest BCUT2D eigenvalue weighted by molar-refractivity contribution is 1.13. The molecule has 1 nitrogen and oxygen atoms in total. The average molecular weight is 137 g/mol. The second kappa shape index (κ2) is 4.98. The monoisotopic (exact) mass is 137 g/mol. The van der Waals surface area contributed by atoms with Crippen LogP contribution in [0.25, 0.3) is 0 Å². The van der Waals surface area contributed by atoms with E-state index in [1.165, 1.54) is 11.8 Å². The van der Waals surface area contributed by atoms with E-state index in [1.807, 2.05) is 19.9 Å². The van der Waals surface area contributed by atoms with Crippen molar-refractivity contribution < 1.29 is 0 Å². The summed E-state index contributed by atoms with van der Waals surface area (Å²) in [4.78, 5) is 0. The molecule has 0 heterocycles. The first-order valence-electron chi connectivity index (χ1n) is 3.59. The molecule has 0 saturated heterocycles. The molecule has 0 aromatic heterocycles. The van der Waals surface area contributed by atoms with Crippen LogP contribution in [-0.2, 0) is 0 Å². The zero-order chi connectivity index (χ0) is 7.98. The lowest BCUT2D eigenvalue weighted by atomic mass is 10.1. The average Bonchev–Trinajstić information content (AvgIpc) is 1.99. The van der Waals surface area contributed by atoms with Gasteiger partial charge in [0.05, 0.1) is 0 Å². The molecular weight excluding hydrogens is 122 g/mol. The second-order valence-electron chi connectivity index (χ2n) is 2.21. The van der Waals surface area contributed by atoms with Gasteiger partial charge in [-0.2, -0.15) is 0 Å². The van der Waals surface area contributed by atoms with Crippen LogP contribution in [0.4, 0.5) is 0 Å². The van der Waals surface area contributed by atoms with Crippen molar-refractivity contribution in [1.82, 2.24) is 0 Å². The highest BCUT2D eigenvalue weighted by Crippen LogP contribution is 2.07. The van der Waals surface area contributed by atoms with E-state index < -0.39 is 0 Å². The van der Waals surface area contributed by atoms with Crippen molar-refractivity contribution in [2.45, 2.75) is 27.2 Å². The van der Waals surface area contributed by atoms with Crippen LogP contribution in [0.5, 0.6) is 0 Å². The number of nitrogens with one attached hydrogen (secondary N) is 1. The minimum absolute atomic E-state index is 1.01. The maximum absolute atomic E-state index is 7.00. The van der Waals surface area contributed by atoms with Crippen molar-refractivity contribution in [1.29, 1.82) is 5.41 Å². The summed E-state index contributed by atoms with van der Waals surface area (Å²) < 4.78 is 0. The lowest BCUT2D eigenvalue weighted by Gasteiger charge is -1.98. The summed E-state index contributed by atoms with van der Waals surface area (Å²) in [5, 5.41) is 7.00. The van der Waals surface area contributed by atoms with Gasteiger partial charge in [0.2, 0.25) is 0 Å². The third kappa shape index (κ3) is 2.62. The van der Waals surface area contributed by atoms with Gasteiger partial charge in [0.25, 0.3) is 0 Å². The summed E-state index contributed by atoms with van der Waals surface area (Å²) in [5.41, 5.74) is 2.30. The summed E-state index contributed by atoms with van der Waals surface area (Å²) in [6.07, 6.45) is 6.47. The van der Waals surface area contributed by atoms with Gasteiger partial charge in [0, 0.05) is 6.21 Å². The zero-order valence-corrected chi connectivity index (χ0v) is 6.94. The van der Waals surface area contributed by atoms with Crippen LogP contribution in [0.2, 0.25) is 0 Å². The summed E-state index contributed by atoms with van der Waals surface area (Å²) >= 11 is 0. The fourth-order valence-electron chi connectivity index (χ4n) is 0.822. The minimum atomic E-state index is 1.01. The Kier molecular flexibility index (Phi) is 4.55. The first-order chi connectivity index (χ1) is 4.76. The molecule has 0 amide bonds. The van der Waals surface area contributed by atoms with Gasteiger partial charge >= 0.3 is 0 Å². The van der Waals surface area contributed by atoms with Gasteiger partial charge in [0.1, 0.15) is 0 Å². The van der Waals surface area contributed by atoms with Gasteiger partial charge < -0.3 is 5.41 Å². The van der Waals surface area contributed by atoms with Gasteiger partial charge in [-0.3, -0.25) is 0 Å². The molecule has 1 heteroatoms. The Morgan fingerprint density at radius 1 is 1.50 bits per heavy atom. The Morgan fingerprint density at radius 2 is 2.10 bits per heavy atom. The van der Waals surface area contributed by atoms with E-state index in [9.17, 15) is 0 Å². The molecule has 0 bridgehead atoms. The molecule has 0 aliphatic heterocycles. The van der Waals surface area contributed by atoms with Crippen LogP contribution < -0.4 is 0 Å². The topological polar surface area (TPSA) is 23.9 Å². The zero-order valence-electron chi connectivity index (χ0n) is 6.94. The predicted molar refractivity (Wildman–Crippen MR) is 46.6 cm³/mol. The van der Waals surface area contributed by atoms with Gasteiger partial charge in [-0.25, -0.2) is 0 Å². The molecule has 0 unspecified atom stereocenters. The predicted octanol–water partition coefficient (Wildman–Crippen LogP) is 2.94. The summed E-state index contributed by atoms with van der Waals surface area (Å²) in [7, 11) is 0. The van der Waals surface area contributed by atoms with Gasteiger partial charge in [-0.15, -0.1) is 0 Å². The Hall–Kier alpha value is -0.850. The van der Waals surface area contributed by atoms with Gasteiger partial charge in [-0.1, -0.05) is 19.1 Å². The molecule has 1 N–H and O–H groups in total. The van der Waals surface area contributed by atoms with Crippen molar-refractivity contribution in [2.75, 3.05) is 0 Å². The van der Waals surface area contributed by atoms with Crippen LogP contribution in [0.1, 0.15) is 27.2 Å². The maximum atomic E-state index is 7.00. The smallest absolute Gasteiger partial charge is 0.0209 e. The van der Waals surface area contributed by atoms with Crippen molar-refractivity contribution in [3.8, 4) is 0 Å². The van der Waals surface area contributed by atoms with Crippen LogP contribution >= 0.6 is 0 Å². The quantitative estimate of drug-likeness (QED) is 0.457. The fourth-order valence-corrected chi connectivity index (χ4v) is 0.822. The van der Waals surface area contributed by atoms with Crippen LogP contribution in [0.15, 0.2) is 23.3 Å². The molecule has 0 aromatic carbocycles. The largest absolute Gasteiger partial charge is 0.308 e. The molecule has 10 heavy (non-hydrogen) atoms. The highest BCUT2D eigenvalue weighted by molar-refractivity contribution is 5.76. The molecule has 56 valence electrons. The molecule has 0 fully saturated rings. The fraction of sp³-hybridized carbons (Fsp3) is 0.444. The van der Waals surface area contributed by atoms with E-state index in [0.29, 0.717) is 0 Å². The van der Waals surface area contributed by atoms with Crippen molar-refractivity contribution in [3.05, 3.63) is 23.3 Å². The van der Waals surface area contributed by atoms with E-state index in [1.54, 1.807) is 0 Å². The maximum Gasteiger partial charge on any atom is 0.0209 e. The van der Waals surface area contributed by atoms with E-state index >= 15 is 0 Å². The van der Waals surface area contributed by atoms with Crippen LogP contribution in [0, 0.1) is 5.41 Å². The number of rotatable bonds is 3. The molecule has 0 aliphatic carbocycles. The minimum Gasteiger partial charge on any atom is -0.308 e. The normalized spacial score (nSPS) is 13.5. The molecule has 0 rings (SSSR count). The standard InChI is InChI=1S/C9H15N/c1-4-6-9(5-2)8(3)7-10/h4,6-7,10H,5H2,1-3H3/b6-4-,9-8-,10-7?. The molecule has 0 saturated carbocycles. The Bertz CT molecular complexity index is 164. The van der Waals surface area contributed by atoms with E-state index in [-0.39, 0.29) is 0 Å². The van der Waals surface area contributed by atoms with Crippen LogP contribution in [0.3, 0.4) is 0 Å². The first kappa shape index (κ1) is 9.15. The lowest BCUT2D eigenvalue weighted by Crippen LogP contribution is -1.83. The molecule has 0 aliphatic rings. The third-order valence-corrected chi connectivity index (χ3v) is 1.47. The Morgan fingerprint density at radius 3 is 2.40 bits per heavy atom. The molecule has 0 atom stereocenters. The number of hydrogen-bond donors (Lipinski definition) is 1. The van der Waals surface area contributed by atoms with Crippen molar-refractivity contribution in [2.24, 2.45) is 0 Å². The molecule has 0 radical (unpaired) electrons. The van der Waals surface area contributed by atoms with Crippen molar-refractivity contribution in [3.63, 3.8) is 0 Å². The molecule has 0 spiro atoms. The second-order valence-corrected chi connectivity index (χ2v) is 2.21.